The molecule has 2 aromatic carbocycles. The molecule has 3 N–H and O–H groups in total. The van der Waals surface area contributed by atoms with Gasteiger partial charge in [0.1, 0.15) is 12.2 Å². The Labute approximate surface area is 337 Å². The number of benzene rings is 2. The number of unbranched alkanes of at least 4 members (excludes halogenated alkanes) is 3. The molecule has 56 heavy (non-hydrogen) atoms. The summed E-state index contributed by atoms with van der Waals surface area (Å²) in [5.41, 5.74) is 7.44. The molecule has 2 aliphatic carbocycles. The van der Waals surface area contributed by atoms with Crippen molar-refractivity contribution < 1.29 is 28.7 Å². The van der Waals surface area contributed by atoms with Crippen LogP contribution in [0.25, 0.3) is 10.2 Å². The first-order valence-electron chi connectivity index (χ1n) is 21.0. The third kappa shape index (κ3) is 11.3. The second-order valence-electron chi connectivity index (χ2n) is 15.5. The first kappa shape index (κ1) is 43.1. The SMILES string of the molecule is CCCCCCN(NCc1cc(C(CC)OC(=O)C2CCC(C(=O)NC)CC2)ccc1C(CC)OC(=O)C1CCC(C(=O)NC)CC1)c1nc2ccccc2s1. The summed E-state index contributed by atoms with van der Waals surface area (Å²) in [6.45, 7) is 7.50. The number of carbonyl (C=O) groups excluding carboxylic acids is 4. The van der Waals surface area contributed by atoms with Crippen molar-refractivity contribution in [3.8, 4) is 0 Å². The number of ether oxygens (including phenoxy) is 2. The minimum absolute atomic E-state index is 0.0372. The van der Waals surface area contributed by atoms with E-state index in [-0.39, 0.29) is 47.4 Å². The number of hydrogen-bond donors (Lipinski definition) is 3. The number of anilines is 1. The minimum atomic E-state index is -0.469. The molecule has 2 amide bonds. The van der Waals surface area contributed by atoms with Gasteiger partial charge in [0.2, 0.25) is 16.9 Å². The van der Waals surface area contributed by atoms with Crippen molar-refractivity contribution in [3.05, 3.63) is 59.2 Å². The zero-order valence-corrected chi connectivity index (χ0v) is 34.9. The molecule has 12 heteroatoms. The zero-order valence-electron chi connectivity index (χ0n) is 34.1. The summed E-state index contributed by atoms with van der Waals surface area (Å²) in [5.74, 6) is -0.929. The van der Waals surface area contributed by atoms with Crippen LogP contribution in [0.3, 0.4) is 0 Å². The number of para-hydroxylation sites is 1. The van der Waals surface area contributed by atoms with Gasteiger partial charge in [0.15, 0.2) is 0 Å². The molecule has 11 nitrogen and oxygen atoms in total. The van der Waals surface area contributed by atoms with E-state index in [0.717, 1.165) is 57.8 Å². The van der Waals surface area contributed by atoms with Crippen molar-refractivity contribution in [1.29, 1.82) is 0 Å². The summed E-state index contributed by atoms with van der Waals surface area (Å²) < 4.78 is 13.7. The summed E-state index contributed by atoms with van der Waals surface area (Å²) in [6, 6.07) is 14.3. The molecule has 1 heterocycles. The monoisotopic (exact) mass is 789 g/mol. The predicted octanol–water partition coefficient (Wildman–Crippen LogP) is 8.48. The van der Waals surface area contributed by atoms with E-state index in [1.54, 1.807) is 25.4 Å². The predicted molar refractivity (Wildman–Crippen MR) is 222 cm³/mol. The molecule has 0 saturated heterocycles. The van der Waals surface area contributed by atoms with E-state index in [1.807, 2.05) is 44.2 Å². The quantitative estimate of drug-likeness (QED) is 0.0620. The molecule has 2 aliphatic rings. The van der Waals surface area contributed by atoms with Gasteiger partial charge in [-0.15, -0.1) is 0 Å². The first-order valence-corrected chi connectivity index (χ1v) is 21.8. The van der Waals surface area contributed by atoms with E-state index < -0.39 is 12.2 Å². The van der Waals surface area contributed by atoms with Crippen molar-refractivity contribution in [2.45, 2.75) is 129 Å². The van der Waals surface area contributed by atoms with Gasteiger partial charge in [-0.3, -0.25) is 24.2 Å². The summed E-state index contributed by atoms with van der Waals surface area (Å²) >= 11 is 1.66. The maximum atomic E-state index is 13.6. The Kier molecular flexibility index (Phi) is 16.5. The van der Waals surface area contributed by atoms with Crippen LogP contribution in [0.1, 0.15) is 140 Å². The molecular formula is C44H63N5O6S. The number of nitrogens with zero attached hydrogens (tertiary/aromatic N) is 2. The third-order valence-corrected chi connectivity index (χ3v) is 12.8. The molecule has 0 bridgehead atoms. The molecule has 0 spiro atoms. The number of hydrazine groups is 1. The third-order valence-electron chi connectivity index (χ3n) is 11.7. The normalized spacial score (nSPS) is 20.8. The van der Waals surface area contributed by atoms with Crippen molar-refractivity contribution >= 4 is 50.4 Å². The molecule has 5 rings (SSSR count). The molecular weight excluding hydrogens is 727 g/mol. The van der Waals surface area contributed by atoms with Gasteiger partial charge in [0.05, 0.1) is 22.1 Å². The number of aromatic nitrogens is 1. The Morgan fingerprint density at radius 2 is 1.32 bits per heavy atom. The molecule has 1 aromatic heterocycles. The van der Waals surface area contributed by atoms with Crippen LogP contribution in [-0.2, 0) is 35.2 Å². The number of amides is 2. The smallest absolute Gasteiger partial charge is 0.309 e. The fourth-order valence-corrected chi connectivity index (χ4v) is 9.18. The average Bonchev–Trinajstić information content (AvgIpc) is 3.68. The number of carbonyl (C=O) groups is 4. The van der Waals surface area contributed by atoms with E-state index >= 15 is 0 Å². The van der Waals surface area contributed by atoms with E-state index in [4.69, 9.17) is 14.5 Å². The van der Waals surface area contributed by atoms with Gasteiger partial charge in [-0.1, -0.05) is 81.7 Å². The Balaban J connectivity index is 1.38. The zero-order chi connectivity index (χ0) is 40.0. The molecule has 2 saturated carbocycles. The van der Waals surface area contributed by atoms with E-state index in [1.165, 1.54) is 6.42 Å². The van der Waals surface area contributed by atoms with Gasteiger partial charge in [-0.2, -0.15) is 0 Å². The molecule has 2 unspecified atom stereocenters. The summed E-state index contributed by atoms with van der Waals surface area (Å²) in [6.07, 6.45) is 9.98. The fraction of sp³-hybridized carbons (Fsp3) is 0.614. The number of esters is 2. The lowest BCUT2D eigenvalue weighted by Gasteiger charge is -2.29. The van der Waals surface area contributed by atoms with Crippen LogP contribution in [-0.4, -0.2) is 49.4 Å². The van der Waals surface area contributed by atoms with Crippen molar-refractivity contribution in [3.63, 3.8) is 0 Å². The highest BCUT2D eigenvalue weighted by molar-refractivity contribution is 7.22. The van der Waals surface area contributed by atoms with Crippen molar-refractivity contribution in [2.24, 2.45) is 23.7 Å². The number of rotatable bonds is 19. The largest absolute Gasteiger partial charge is 0.457 e. The van der Waals surface area contributed by atoms with Crippen LogP contribution >= 0.6 is 11.3 Å². The molecule has 2 atom stereocenters. The van der Waals surface area contributed by atoms with Gasteiger partial charge in [-0.25, -0.2) is 10.4 Å². The standard InChI is InChI=1S/C44H63N5O6S/c1-6-9-10-13-26-49(44-48-36-14-11-12-15-39(36)56-44)47-28-34-27-33(37(7-2)54-42(52)31-20-16-29(17-21-31)40(50)45-4)24-25-35(34)38(8-3)55-43(53)32-22-18-30(19-23-32)41(51)46-5/h11-12,14-15,24-25,27,29-32,37-38,47H,6-10,13,16-23,26,28H2,1-5H3,(H,45,50)(H,46,51). The van der Waals surface area contributed by atoms with Crippen LogP contribution in [0.4, 0.5) is 5.13 Å². The minimum Gasteiger partial charge on any atom is -0.457 e. The van der Waals surface area contributed by atoms with E-state index in [2.05, 4.69) is 40.1 Å². The van der Waals surface area contributed by atoms with Crippen LogP contribution < -0.4 is 21.1 Å². The van der Waals surface area contributed by atoms with E-state index in [9.17, 15) is 19.2 Å². The van der Waals surface area contributed by atoms with Crippen LogP contribution in [0, 0.1) is 23.7 Å². The summed E-state index contributed by atoms with van der Waals surface area (Å²) in [7, 11) is 3.31. The molecule has 3 aromatic rings. The maximum Gasteiger partial charge on any atom is 0.309 e. The lowest BCUT2D eigenvalue weighted by atomic mass is 9.81. The van der Waals surface area contributed by atoms with Crippen molar-refractivity contribution in [1.82, 2.24) is 21.0 Å². The van der Waals surface area contributed by atoms with Crippen molar-refractivity contribution in [2.75, 3.05) is 25.6 Å². The van der Waals surface area contributed by atoms with E-state index in [0.29, 0.717) is 70.8 Å². The van der Waals surface area contributed by atoms with Gasteiger partial charge < -0.3 is 20.1 Å². The lowest BCUT2D eigenvalue weighted by Crippen LogP contribution is -2.38. The molecule has 2 fully saturated rings. The maximum absolute atomic E-state index is 13.6. The molecule has 306 valence electrons. The van der Waals surface area contributed by atoms with Gasteiger partial charge in [-0.05, 0) is 99.5 Å². The number of fused-ring (bicyclic) bond motifs is 1. The Morgan fingerprint density at radius 3 is 1.88 bits per heavy atom. The highest BCUT2D eigenvalue weighted by atomic mass is 32.1. The van der Waals surface area contributed by atoms with Gasteiger partial charge in [0, 0.05) is 39.0 Å². The Hall–Kier alpha value is -4.03. The second kappa shape index (κ2) is 21.5. The topological polar surface area (TPSA) is 139 Å². The molecule has 0 radical (unpaired) electrons. The lowest BCUT2D eigenvalue weighted by molar-refractivity contribution is -0.157. The highest BCUT2D eigenvalue weighted by Crippen LogP contribution is 2.36. The number of hydrogen-bond acceptors (Lipinski definition) is 10. The average molecular weight is 790 g/mol. The van der Waals surface area contributed by atoms with Crippen LogP contribution in [0.5, 0.6) is 0 Å². The fourth-order valence-electron chi connectivity index (χ4n) is 8.21. The van der Waals surface area contributed by atoms with Gasteiger partial charge >= 0.3 is 11.9 Å². The Bertz CT molecular complexity index is 1720. The number of thiazole rings is 1. The number of nitrogens with one attached hydrogen (secondary N) is 3. The van der Waals surface area contributed by atoms with Crippen LogP contribution in [0.15, 0.2) is 42.5 Å². The second-order valence-corrected chi connectivity index (χ2v) is 16.5. The molecule has 0 aliphatic heterocycles. The Morgan fingerprint density at radius 1 is 0.750 bits per heavy atom. The summed E-state index contributed by atoms with van der Waals surface area (Å²) in [5, 5.41) is 8.54. The van der Waals surface area contributed by atoms with Crippen LogP contribution in [0.2, 0.25) is 0 Å². The van der Waals surface area contributed by atoms with Gasteiger partial charge in [0.25, 0.3) is 0 Å². The summed E-state index contributed by atoms with van der Waals surface area (Å²) in [4.78, 5) is 56.5. The first-order chi connectivity index (χ1) is 27.2. The highest BCUT2D eigenvalue weighted by Gasteiger charge is 2.34.